The van der Waals surface area contributed by atoms with Crippen molar-refractivity contribution in [3.63, 3.8) is 0 Å². The molecular formula is C17H21NO2. The molecule has 0 heterocycles. The van der Waals surface area contributed by atoms with Crippen LogP contribution >= 0.6 is 0 Å². The van der Waals surface area contributed by atoms with Crippen LogP contribution in [0.5, 0.6) is 5.75 Å². The Bertz CT molecular complexity index is 497. The Morgan fingerprint density at radius 3 is 2.25 bits per heavy atom. The second kappa shape index (κ2) is 7.08. The molecule has 0 aliphatic carbocycles. The monoisotopic (exact) mass is 271 g/mol. The number of hydrogen-bond acceptors (Lipinski definition) is 3. The minimum Gasteiger partial charge on any atom is -0.492 e. The third-order valence-electron chi connectivity index (χ3n) is 3.16. The molecule has 2 rings (SSSR count). The molecule has 0 fully saturated rings. The second-order valence-corrected chi connectivity index (χ2v) is 4.98. The number of hydrogen-bond donors (Lipinski definition) is 2. The van der Waals surface area contributed by atoms with Crippen molar-refractivity contribution in [1.82, 2.24) is 5.32 Å². The quantitative estimate of drug-likeness (QED) is 0.760. The average molecular weight is 271 g/mol. The molecule has 20 heavy (non-hydrogen) atoms. The molecule has 106 valence electrons. The fraction of sp³-hybridized carbons (Fsp3) is 0.294. The van der Waals surface area contributed by atoms with Crippen molar-refractivity contribution in [2.75, 3.05) is 19.7 Å². The van der Waals surface area contributed by atoms with Crippen molar-refractivity contribution < 1.29 is 9.84 Å². The first kappa shape index (κ1) is 14.6. The van der Waals surface area contributed by atoms with Gasteiger partial charge in [-0.3, -0.25) is 0 Å². The topological polar surface area (TPSA) is 41.5 Å². The van der Waals surface area contributed by atoms with Gasteiger partial charge in [-0.05, 0) is 24.6 Å². The number of benzene rings is 2. The molecule has 0 spiro atoms. The van der Waals surface area contributed by atoms with E-state index in [2.05, 4.69) is 5.32 Å². The fourth-order valence-electron chi connectivity index (χ4n) is 1.99. The van der Waals surface area contributed by atoms with Crippen LogP contribution in [0, 0.1) is 0 Å². The summed E-state index contributed by atoms with van der Waals surface area (Å²) in [6.45, 7) is 3.58. The summed E-state index contributed by atoms with van der Waals surface area (Å²) in [6, 6.07) is 19.4. The van der Waals surface area contributed by atoms with Crippen molar-refractivity contribution in [3.05, 3.63) is 66.2 Å². The van der Waals surface area contributed by atoms with Gasteiger partial charge in [0.2, 0.25) is 0 Å². The SMILES string of the molecule is CC(O)(CNCCOc1ccccc1)c1ccccc1. The lowest BCUT2D eigenvalue weighted by atomic mass is 9.96. The van der Waals surface area contributed by atoms with Gasteiger partial charge < -0.3 is 15.2 Å². The van der Waals surface area contributed by atoms with Crippen LogP contribution in [0.1, 0.15) is 12.5 Å². The number of rotatable bonds is 7. The summed E-state index contributed by atoms with van der Waals surface area (Å²) in [5, 5.41) is 13.6. The van der Waals surface area contributed by atoms with Crippen LogP contribution in [0.15, 0.2) is 60.7 Å². The van der Waals surface area contributed by atoms with E-state index in [4.69, 9.17) is 4.74 Å². The van der Waals surface area contributed by atoms with Crippen LogP contribution in [0.4, 0.5) is 0 Å². The molecule has 0 aliphatic rings. The Hall–Kier alpha value is -1.84. The lowest BCUT2D eigenvalue weighted by molar-refractivity contribution is 0.0562. The minimum absolute atomic E-state index is 0.495. The van der Waals surface area contributed by atoms with Crippen LogP contribution in [0.3, 0.4) is 0 Å². The fourth-order valence-corrected chi connectivity index (χ4v) is 1.99. The average Bonchev–Trinajstić information content (AvgIpc) is 2.49. The van der Waals surface area contributed by atoms with Crippen LogP contribution in [0.25, 0.3) is 0 Å². The minimum atomic E-state index is -0.867. The Morgan fingerprint density at radius 1 is 1.00 bits per heavy atom. The highest BCUT2D eigenvalue weighted by molar-refractivity contribution is 5.22. The molecule has 1 unspecified atom stereocenters. The van der Waals surface area contributed by atoms with E-state index >= 15 is 0 Å². The largest absolute Gasteiger partial charge is 0.492 e. The molecule has 0 amide bonds. The van der Waals surface area contributed by atoms with Gasteiger partial charge in [0.05, 0.1) is 5.60 Å². The van der Waals surface area contributed by atoms with Crippen LogP contribution in [0.2, 0.25) is 0 Å². The van der Waals surface area contributed by atoms with Crippen molar-refractivity contribution >= 4 is 0 Å². The van der Waals surface area contributed by atoms with Gasteiger partial charge in [0.1, 0.15) is 12.4 Å². The molecule has 1 atom stereocenters. The summed E-state index contributed by atoms with van der Waals surface area (Å²) < 4.78 is 5.58. The van der Waals surface area contributed by atoms with E-state index in [0.717, 1.165) is 11.3 Å². The predicted molar refractivity (Wildman–Crippen MR) is 80.8 cm³/mol. The molecule has 2 N–H and O–H groups in total. The van der Waals surface area contributed by atoms with Gasteiger partial charge in [0.15, 0.2) is 0 Å². The van der Waals surface area contributed by atoms with E-state index in [-0.39, 0.29) is 0 Å². The number of aliphatic hydroxyl groups is 1. The zero-order valence-corrected chi connectivity index (χ0v) is 11.8. The van der Waals surface area contributed by atoms with Crippen LogP contribution in [-0.4, -0.2) is 24.8 Å². The first-order valence-corrected chi connectivity index (χ1v) is 6.85. The van der Waals surface area contributed by atoms with Gasteiger partial charge in [-0.15, -0.1) is 0 Å². The summed E-state index contributed by atoms with van der Waals surface area (Å²) in [4.78, 5) is 0. The third kappa shape index (κ3) is 4.37. The van der Waals surface area contributed by atoms with Crippen LogP contribution in [-0.2, 0) is 5.60 Å². The number of para-hydroxylation sites is 1. The molecule has 2 aromatic carbocycles. The van der Waals surface area contributed by atoms with Gasteiger partial charge >= 0.3 is 0 Å². The molecule has 2 aromatic rings. The summed E-state index contributed by atoms with van der Waals surface area (Å²) >= 11 is 0. The molecule has 0 aliphatic heterocycles. The Balaban J connectivity index is 1.70. The van der Waals surface area contributed by atoms with Crippen molar-refractivity contribution in [2.45, 2.75) is 12.5 Å². The molecule has 0 saturated carbocycles. The molecule has 3 nitrogen and oxygen atoms in total. The van der Waals surface area contributed by atoms with Gasteiger partial charge in [0.25, 0.3) is 0 Å². The summed E-state index contributed by atoms with van der Waals surface area (Å²) in [5.41, 5.74) is 0.0463. The first-order chi connectivity index (χ1) is 9.68. The Labute approximate surface area is 120 Å². The maximum Gasteiger partial charge on any atom is 0.119 e. The maximum atomic E-state index is 10.4. The van der Waals surface area contributed by atoms with Gasteiger partial charge in [-0.2, -0.15) is 0 Å². The summed E-state index contributed by atoms with van der Waals surface area (Å²) in [5.74, 6) is 0.865. The summed E-state index contributed by atoms with van der Waals surface area (Å²) in [6.07, 6.45) is 0. The van der Waals surface area contributed by atoms with E-state index in [1.807, 2.05) is 67.6 Å². The highest BCUT2D eigenvalue weighted by atomic mass is 16.5. The van der Waals surface area contributed by atoms with Gasteiger partial charge in [-0.25, -0.2) is 0 Å². The van der Waals surface area contributed by atoms with Crippen molar-refractivity contribution in [1.29, 1.82) is 0 Å². The molecule has 3 heteroatoms. The van der Waals surface area contributed by atoms with E-state index in [9.17, 15) is 5.11 Å². The molecule has 0 aromatic heterocycles. The van der Waals surface area contributed by atoms with E-state index in [0.29, 0.717) is 19.7 Å². The highest BCUT2D eigenvalue weighted by Gasteiger charge is 2.21. The van der Waals surface area contributed by atoms with E-state index < -0.39 is 5.60 Å². The van der Waals surface area contributed by atoms with Crippen molar-refractivity contribution in [3.8, 4) is 5.75 Å². The summed E-state index contributed by atoms with van der Waals surface area (Å²) in [7, 11) is 0. The first-order valence-electron chi connectivity index (χ1n) is 6.85. The molecular weight excluding hydrogens is 250 g/mol. The maximum absolute atomic E-state index is 10.4. The Morgan fingerprint density at radius 2 is 1.60 bits per heavy atom. The van der Waals surface area contributed by atoms with Crippen LogP contribution < -0.4 is 10.1 Å². The van der Waals surface area contributed by atoms with Gasteiger partial charge in [-0.1, -0.05) is 48.5 Å². The normalized spacial score (nSPS) is 13.7. The number of ether oxygens (including phenoxy) is 1. The highest BCUT2D eigenvalue weighted by Crippen LogP contribution is 2.18. The third-order valence-corrected chi connectivity index (χ3v) is 3.16. The zero-order chi connectivity index (χ0) is 14.3. The molecule has 0 saturated heterocycles. The van der Waals surface area contributed by atoms with Gasteiger partial charge in [0, 0.05) is 13.1 Å². The molecule has 0 radical (unpaired) electrons. The lowest BCUT2D eigenvalue weighted by Gasteiger charge is -2.24. The Kier molecular flexibility index (Phi) is 5.16. The van der Waals surface area contributed by atoms with E-state index in [1.54, 1.807) is 0 Å². The van der Waals surface area contributed by atoms with Crippen molar-refractivity contribution in [2.24, 2.45) is 0 Å². The predicted octanol–water partition coefficient (Wildman–Crippen LogP) is 2.56. The lowest BCUT2D eigenvalue weighted by Crippen LogP contribution is -2.37. The van der Waals surface area contributed by atoms with E-state index in [1.165, 1.54) is 0 Å². The molecule has 0 bridgehead atoms. The standard InChI is InChI=1S/C17H21NO2/c1-17(19,15-8-4-2-5-9-15)14-18-12-13-20-16-10-6-3-7-11-16/h2-11,18-19H,12-14H2,1H3. The zero-order valence-electron chi connectivity index (χ0n) is 11.8. The smallest absolute Gasteiger partial charge is 0.119 e. The second-order valence-electron chi connectivity index (χ2n) is 4.98. The number of nitrogens with one attached hydrogen (secondary N) is 1.